The summed E-state index contributed by atoms with van der Waals surface area (Å²) in [7, 11) is 0. The summed E-state index contributed by atoms with van der Waals surface area (Å²) in [4.78, 5) is 0. The zero-order valence-corrected chi connectivity index (χ0v) is 7.43. The third-order valence-electron chi connectivity index (χ3n) is 2.35. The summed E-state index contributed by atoms with van der Waals surface area (Å²) in [5, 5.41) is 0. The normalized spacial score (nSPS) is 15.4. The van der Waals surface area contributed by atoms with Crippen molar-refractivity contribution in [3.63, 3.8) is 0 Å². The topological polar surface area (TPSA) is 0 Å². The first-order valence-corrected chi connectivity index (χ1v) is 4.44. The molecular weight excluding hydrogens is 189 g/mol. The van der Waals surface area contributed by atoms with Gasteiger partial charge in [-0.15, -0.1) is 0 Å². The van der Waals surface area contributed by atoms with Crippen molar-refractivity contribution in [3.8, 4) is 0 Å². The van der Waals surface area contributed by atoms with Crippen molar-refractivity contribution in [3.05, 3.63) is 41.0 Å². The second-order valence-corrected chi connectivity index (χ2v) is 3.35. The van der Waals surface area contributed by atoms with E-state index in [9.17, 15) is 13.2 Å². The van der Waals surface area contributed by atoms with Gasteiger partial charge in [0.25, 0.3) is 0 Å². The second-order valence-electron chi connectivity index (χ2n) is 3.35. The van der Waals surface area contributed by atoms with E-state index in [0.717, 1.165) is 24.5 Å². The lowest BCUT2D eigenvalue weighted by molar-refractivity contribution is -0.137. The van der Waals surface area contributed by atoms with Crippen LogP contribution in [0, 0.1) is 0 Å². The highest BCUT2D eigenvalue weighted by Crippen LogP contribution is 2.32. The fraction of sp³-hybridized carbons (Fsp3) is 0.273. The van der Waals surface area contributed by atoms with E-state index in [-0.39, 0.29) is 0 Å². The van der Waals surface area contributed by atoms with Gasteiger partial charge in [-0.2, -0.15) is 13.2 Å². The van der Waals surface area contributed by atoms with Crippen LogP contribution in [0.1, 0.15) is 23.1 Å². The predicted molar refractivity (Wildman–Crippen MR) is 48.8 cm³/mol. The first-order valence-electron chi connectivity index (χ1n) is 4.44. The molecule has 0 spiro atoms. The Kier molecular flexibility index (Phi) is 2.10. The lowest BCUT2D eigenvalue weighted by Gasteiger charge is -2.13. The molecule has 0 N–H and O–H groups in total. The highest BCUT2D eigenvalue weighted by molar-refractivity contribution is 5.57. The van der Waals surface area contributed by atoms with Crippen molar-refractivity contribution in [2.24, 2.45) is 0 Å². The highest BCUT2D eigenvalue weighted by Gasteiger charge is 2.30. The molecule has 1 aromatic carbocycles. The molecule has 0 saturated heterocycles. The van der Waals surface area contributed by atoms with Crippen LogP contribution in [0.2, 0.25) is 0 Å². The zero-order chi connectivity index (χ0) is 10.2. The third kappa shape index (κ3) is 1.67. The highest BCUT2D eigenvalue weighted by atomic mass is 19.4. The van der Waals surface area contributed by atoms with Crippen molar-refractivity contribution in [2.45, 2.75) is 19.0 Å². The third-order valence-corrected chi connectivity index (χ3v) is 2.35. The Morgan fingerprint density at radius 1 is 1.14 bits per heavy atom. The van der Waals surface area contributed by atoms with Crippen molar-refractivity contribution in [1.82, 2.24) is 0 Å². The van der Waals surface area contributed by atoms with E-state index < -0.39 is 11.7 Å². The molecule has 14 heavy (non-hydrogen) atoms. The molecule has 0 unspecified atom stereocenters. The van der Waals surface area contributed by atoms with Gasteiger partial charge < -0.3 is 0 Å². The standard InChI is InChI=1S/C11H9F3/c12-11(13,14)10-6-5-8-3-1-2-4-9(8)7-10/h2,4-7H,1,3H2. The molecule has 74 valence electrons. The van der Waals surface area contributed by atoms with Crippen molar-refractivity contribution >= 4 is 6.08 Å². The van der Waals surface area contributed by atoms with Gasteiger partial charge in [0.1, 0.15) is 0 Å². The second kappa shape index (κ2) is 3.15. The van der Waals surface area contributed by atoms with Crippen molar-refractivity contribution in [1.29, 1.82) is 0 Å². The van der Waals surface area contributed by atoms with Gasteiger partial charge >= 0.3 is 6.18 Å². The van der Waals surface area contributed by atoms with Crippen molar-refractivity contribution < 1.29 is 13.2 Å². The zero-order valence-electron chi connectivity index (χ0n) is 7.43. The molecule has 2 rings (SSSR count). The SMILES string of the molecule is FC(F)(F)c1ccc2c(c1)C=CCC2. The Morgan fingerprint density at radius 2 is 1.93 bits per heavy atom. The molecule has 0 radical (unpaired) electrons. The number of rotatable bonds is 0. The van der Waals surface area contributed by atoms with Crippen LogP contribution in [0.4, 0.5) is 13.2 Å². The van der Waals surface area contributed by atoms with Gasteiger partial charge in [-0.1, -0.05) is 18.2 Å². The number of hydrogen-bond acceptors (Lipinski definition) is 0. The summed E-state index contributed by atoms with van der Waals surface area (Å²) < 4.78 is 37.0. The lowest BCUT2D eigenvalue weighted by atomic mass is 9.95. The van der Waals surface area contributed by atoms with Gasteiger partial charge in [0.2, 0.25) is 0 Å². The quantitative estimate of drug-likeness (QED) is 0.596. The van der Waals surface area contributed by atoms with E-state index in [2.05, 4.69) is 0 Å². The van der Waals surface area contributed by atoms with E-state index in [1.165, 1.54) is 6.07 Å². The van der Waals surface area contributed by atoms with E-state index >= 15 is 0 Å². The maximum Gasteiger partial charge on any atom is 0.416 e. The van der Waals surface area contributed by atoms with Crippen molar-refractivity contribution in [2.75, 3.05) is 0 Å². The molecule has 0 fully saturated rings. The first kappa shape index (κ1) is 9.31. The summed E-state index contributed by atoms with van der Waals surface area (Å²) in [5.41, 5.74) is 1.13. The molecule has 0 aromatic heterocycles. The number of allylic oxidation sites excluding steroid dienone is 1. The minimum Gasteiger partial charge on any atom is -0.166 e. The monoisotopic (exact) mass is 198 g/mol. The lowest BCUT2D eigenvalue weighted by Crippen LogP contribution is -2.06. The van der Waals surface area contributed by atoms with Crippen LogP contribution >= 0.6 is 0 Å². The van der Waals surface area contributed by atoms with E-state index in [1.54, 1.807) is 12.1 Å². The van der Waals surface area contributed by atoms with E-state index in [1.807, 2.05) is 6.08 Å². The number of aryl methyl sites for hydroxylation is 1. The molecule has 0 heterocycles. The fourth-order valence-corrected chi connectivity index (χ4v) is 1.60. The minimum absolute atomic E-state index is 0.567. The number of benzene rings is 1. The number of fused-ring (bicyclic) bond motifs is 1. The van der Waals surface area contributed by atoms with Crippen LogP contribution < -0.4 is 0 Å². The predicted octanol–water partition coefficient (Wildman–Crippen LogP) is 3.66. The van der Waals surface area contributed by atoms with Crippen LogP contribution in [0.3, 0.4) is 0 Å². The molecule has 0 bridgehead atoms. The summed E-state index contributed by atoms with van der Waals surface area (Å²) in [6.07, 6.45) is 1.18. The molecule has 0 nitrogen and oxygen atoms in total. The molecule has 1 aromatic rings. The Balaban J connectivity index is 2.45. The Labute approximate surface area is 80.1 Å². The maximum absolute atomic E-state index is 12.3. The van der Waals surface area contributed by atoms with Crippen LogP contribution in [0.5, 0.6) is 0 Å². The van der Waals surface area contributed by atoms with E-state index in [4.69, 9.17) is 0 Å². The number of halogens is 3. The van der Waals surface area contributed by atoms with Crippen LogP contribution in [0.15, 0.2) is 24.3 Å². The Bertz CT molecular complexity index is 375. The number of alkyl halides is 3. The summed E-state index contributed by atoms with van der Waals surface area (Å²) >= 11 is 0. The van der Waals surface area contributed by atoms with Gasteiger partial charge in [-0.25, -0.2) is 0 Å². The molecule has 0 atom stereocenters. The van der Waals surface area contributed by atoms with Gasteiger partial charge in [-0.05, 0) is 36.1 Å². The fourth-order valence-electron chi connectivity index (χ4n) is 1.60. The molecule has 3 heteroatoms. The summed E-state index contributed by atoms with van der Waals surface area (Å²) in [5.74, 6) is 0. The molecule has 0 amide bonds. The average Bonchev–Trinajstić information content (AvgIpc) is 2.16. The van der Waals surface area contributed by atoms with Gasteiger partial charge in [0, 0.05) is 0 Å². The van der Waals surface area contributed by atoms with Gasteiger partial charge in [-0.3, -0.25) is 0 Å². The largest absolute Gasteiger partial charge is 0.416 e. The smallest absolute Gasteiger partial charge is 0.166 e. The first-order chi connectivity index (χ1) is 6.57. The molecule has 1 aliphatic carbocycles. The van der Waals surface area contributed by atoms with Gasteiger partial charge in [0.05, 0.1) is 5.56 Å². The summed E-state index contributed by atoms with van der Waals surface area (Å²) in [6, 6.07) is 3.94. The van der Waals surface area contributed by atoms with Crippen LogP contribution in [0.25, 0.3) is 6.08 Å². The minimum atomic E-state index is -4.24. The maximum atomic E-state index is 12.3. The molecule has 0 saturated carbocycles. The van der Waals surface area contributed by atoms with Crippen LogP contribution in [-0.2, 0) is 12.6 Å². The average molecular weight is 198 g/mol. The van der Waals surface area contributed by atoms with Crippen LogP contribution in [-0.4, -0.2) is 0 Å². The Morgan fingerprint density at radius 3 is 2.64 bits per heavy atom. The Hall–Kier alpha value is -1.25. The molecule has 0 aliphatic heterocycles. The number of hydrogen-bond donors (Lipinski definition) is 0. The molecular formula is C11H9F3. The molecule has 1 aliphatic rings. The van der Waals surface area contributed by atoms with E-state index in [0.29, 0.717) is 5.56 Å². The van der Waals surface area contributed by atoms with Gasteiger partial charge in [0.15, 0.2) is 0 Å². The summed E-state index contributed by atoms with van der Waals surface area (Å²) in [6.45, 7) is 0.